The van der Waals surface area contributed by atoms with Crippen molar-refractivity contribution in [2.24, 2.45) is 5.73 Å². The van der Waals surface area contributed by atoms with Crippen molar-refractivity contribution < 1.29 is 4.79 Å². The van der Waals surface area contributed by atoms with Crippen LogP contribution in [0, 0.1) is 0 Å². The Kier molecular flexibility index (Phi) is 3.85. The number of rotatable bonds is 2. The monoisotopic (exact) mass is 276 g/mol. The standard InChI is InChI=1S/C15H24N4O/c16-9-13-8-12(10-17-13)11-18-6-3-14(4-7-18)19-5-1-2-15(19)20/h9,11,14,17H,1-8,10,16H2/b12-11+,13-9-. The lowest BCUT2D eigenvalue weighted by Gasteiger charge is -2.36. The Morgan fingerprint density at radius 3 is 2.65 bits per heavy atom. The van der Waals surface area contributed by atoms with Crippen LogP contribution in [0.2, 0.25) is 0 Å². The third-order valence-electron chi connectivity index (χ3n) is 4.58. The van der Waals surface area contributed by atoms with E-state index >= 15 is 0 Å². The summed E-state index contributed by atoms with van der Waals surface area (Å²) in [5, 5.41) is 3.29. The van der Waals surface area contributed by atoms with Crippen LogP contribution in [0.5, 0.6) is 0 Å². The van der Waals surface area contributed by atoms with Gasteiger partial charge in [0, 0.05) is 63.2 Å². The van der Waals surface area contributed by atoms with Crippen molar-refractivity contribution in [1.82, 2.24) is 15.1 Å². The van der Waals surface area contributed by atoms with E-state index in [1.54, 1.807) is 6.20 Å². The van der Waals surface area contributed by atoms with Crippen LogP contribution in [0.1, 0.15) is 32.1 Å². The quantitative estimate of drug-likeness (QED) is 0.781. The Balaban J connectivity index is 1.51. The lowest BCUT2D eigenvalue weighted by atomic mass is 10.0. The number of carbonyl (C=O) groups excluding carboxylic acids is 1. The van der Waals surface area contributed by atoms with Crippen molar-refractivity contribution in [2.75, 3.05) is 26.2 Å². The van der Waals surface area contributed by atoms with Gasteiger partial charge in [0.2, 0.25) is 5.91 Å². The van der Waals surface area contributed by atoms with Crippen molar-refractivity contribution in [1.29, 1.82) is 0 Å². The van der Waals surface area contributed by atoms with E-state index in [1.165, 1.54) is 5.57 Å². The molecule has 0 aromatic rings. The van der Waals surface area contributed by atoms with Crippen molar-refractivity contribution in [3.8, 4) is 0 Å². The van der Waals surface area contributed by atoms with Gasteiger partial charge in [-0.2, -0.15) is 0 Å². The SMILES string of the molecule is N/C=C1/C/C(=C\N2CCC(N3CCCC3=O)CC2)CN1. The van der Waals surface area contributed by atoms with Gasteiger partial charge in [-0.05, 0) is 24.8 Å². The molecule has 0 saturated carbocycles. The number of likely N-dealkylation sites (tertiary alicyclic amines) is 2. The normalized spacial score (nSPS) is 28.7. The Bertz CT molecular complexity index is 435. The molecule has 0 spiro atoms. The molecule has 3 rings (SSSR count). The molecule has 3 N–H and O–H groups in total. The van der Waals surface area contributed by atoms with E-state index in [9.17, 15) is 4.79 Å². The average Bonchev–Trinajstić information content (AvgIpc) is 3.09. The van der Waals surface area contributed by atoms with Crippen LogP contribution in [-0.2, 0) is 4.79 Å². The molecule has 3 fully saturated rings. The number of amides is 1. The van der Waals surface area contributed by atoms with Crippen molar-refractivity contribution in [3.05, 3.63) is 23.7 Å². The highest BCUT2D eigenvalue weighted by atomic mass is 16.2. The van der Waals surface area contributed by atoms with Gasteiger partial charge in [0.05, 0.1) is 0 Å². The predicted molar refractivity (Wildman–Crippen MR) is 78.5 cm³/mol. The molecule has 0 bridgehead atoms. The largest absolute Gasteiger partial charge is 0.403 e. The summed E-state index contributed by atoms with van der Waals surface area (Å²) in [6.07, 6.45) is 8.89. The number of hydrogen-bond donors (Lipinski definition) is 2. The molecule has 1 amide bonds. The van der Waals surface area contributed by atoms with Gasteiger partial charge in [0.15, 0.2) is 0 Å². The van der Waals surface area contributed by atoms with Gasteiger partial charge in [0.25, 0.3) is 0 Å². The summed E-state index contributed by atoms with van der Waals surface area (Å²) in [5.74, 6) is 0.361. The first-order valence-electron chi connectivity index (χ1n) is 7.64. The van der Waals surface area contributed by atoms with E-state index < -0.39 is 0 Å². The molecular formula is C15H24N4O. The minimum atomic E-state index is 0.361. The first-order chi connectivity index (χ1) is 9.76. The summed E-state index contributed by atoms with van der Waals surface area (Å²) >= 11 is 0. The van der Waals surface area contributed by atoms with Crippen LogP contribution in [0.4, 0.5) is 0 Å². The minimum absolute atomic E-state index is 0.361. The molecule has 20 heavy (non-hydrogen) atoms. The fraction of sp³-hybridized carbons (Fsp3) is 0.667. The Morgan fingerprint density at radius 2 is 2.05 bits per heavy atom. The van der Waals surface area contributed by atoms with E-state index in [4.69, 9.17) is 5.73 Å². The third kappa shape index (κ3) is 2.76. The molecule has 0 aromatic heterocycles. The third-order valence-corrected chi connectivity index (χ3v) is 4.58. The highest BCUT2D eigenvalue weighted by Crippen LogP contribution is 2.23. The number of allylic oxidation sites excluding steroid dienone is 1. The molecule has 0 atom stereocenters. The van der Waals surface area contributed by atoms with E-state index in [0.717, 1.165) is 64.0 Å². The van der Waals surface area contributed by atoms with Gasteiger partial charge in [-0.1, -0.05) is 0 Å². The molecule has 3 heterocycles. The molecule has 0 unspecified atom stereocenters. The fourth-order valence-electron chi connectivity index (χ4n) is 3.45. The average molecular weight is 276 g/mol. The van der Waals surface area contributed by atoms with Crippen molar-refractivity contribution >= 4 is 5.91 Å². The van der Waals surface area contributed by atoms with Gasteiger partial charge < -0.3 is 20.9 Å². The molecule has 0 aromatic carbocycles. The molecule has 0 radical (unpaired) electrons. The predicted octanol–water partition coefficient (Wildman–Crippen LogP) is 0.750. The highest BCUT2D eigenvalue weighted by molar-refractivity contribution is 5.78. The number of piperidine rings is 1. The molecule has 3 aliphatic rings. The first-order valence-corrected chi connectivity index (χ1v) is 7.64. The van der Waals surface area contributed by atoms with Crippen LogP contribution in [0.25, 0.3) is 0 Å². The Hall–Kier alpha value is -1.65. The lowest BCUT2D eigenvalue weighted by Crippen LogP contribution is -2.44. The van der Waals surface area contributed by atoms with Crippen LogP contribution >= 0.6 is 0 Å². The molecular weight excluding hydrogens is 252 g/mol. The number of nitrogens with zero attached hydrogens (tertiary/aromatic N) is 2. The van der Waals surface area contributed by atoms with Crippen molar-refractivity contribution in [3.63, 3.8) is 0 Å². The summed E-state index contributed by atoms with van der Waals surface area (Å²) in [5.41, 5.74) is 8.05. The summed E-state index contributed by atoms with van der Waals surface area (Å²) < 4.78 is 0. The van der Waals surface area contributed by atoms with E-state index in [2.05, 4.69) is 21.3 Å². The van der Waals surface area contributed by atoms with E-state index in [0.29, 0.717) is 11.9 Å². The fourth-order valence-corrected chi connectivity index (χ4v) is 3.45. The topological polar surface area (TPSA) is 61.6 Å². The van der Waals surface area contributed by atoms with E-state index in [-0.39, 0.29) is 0 Å². The van der Waals surface area contributed by atoms with Gasteiger partial charge >= 0.3 is 0 Å². The minimum Gasteiger partial charge on any atom is -0.403 e. The molecule has 5 heteroatoms. The van der Waals surface area contributed by atoms with E-state index in [1.807, 2.05) is 0 Å². The van der Waals surface area contributed by atoms with Crippen molar-refractivity contribution in [2.45, 2.75) is 38.1 Å². The molecule has 5 nitrogen and oxygen atoms in total. The zero-order valence-electron chi connectivity index (χ0n) is 12.0. The summed E-state index contributed by atoms with van der Waals surface area (Å²) in [7, 11) is 0. The maximum Gasteiger partial charge on any atom is 0.222 e. The Labute approximate surface area is 120 Å². The second-order valence-electron chi connectivity index (χ2n) is 5.97. The molecule has 3 aliphatic heterocycles. The zero-order valence-corrected chi connectivity index (χ0v) is 12.0. The van der Waals surface area contributed by atoms with Crippen LogP contribution in [0.15, 0.2) is 23.7 Å². The summed E-state index contributed by atoms with van der Waals surface area (Å²) in [6, 6.07) is 0.473. The van der Waals surface area contributed by atoms with Gasteiger partial charge in [-0.25, -0.2) is 0 Å². The van der Waals surface area contributed by atoms with Crippen LogP contribution in [-0.4, -0.2) is 47.9 Å². The first kappa shape index (κ1) is 13.3. The molecule has 3 saturated heterocycles. The molecule has 110 valence electrons. The number of carbonyl (C=O) groups is 1. The second kappa shape index (κ2) is 5.77. The number of hydrogen-bond acceptors (Lipinski definition) is 4. The summed E-state index contributed by atoms with van der Waals surface area (Å²) in [6.45, 7) is 3.99. The smallest absolute Gasteiger partial charge is 0.222 e. The molecule has 0 aliphatic carbocycles. The van der Waals surface area contributed by atoms with Gasteiger partial charge in [-0.3, -0.25) is 4.79 Å². The number of nitrogens with two attached hydrogens (primary N) is 1. The van der Waals surface area contributed by atoms with Crippen LogP contribution < -0.4 is 11.1 Å². The van der Waals surface area contributed by atoms with Crippen LogP contribution in [0.3, 0.4) is 0 Å². The number of nitrogens with one attached hydrogen (secondary N) is 1. The highest BCUT2D eigenvalue weighted by Gasteiger charge is 2.30. The Morgan fingerprint density at radius 1 is 1.25 bits per heavy atom. The second-order valence-corrected chi connectivity index (χ2v) is 5.97. The lowest BCUT2D eigenvalue weighted by molar-refractivity contribution is -0.130. The maximum absolute atomic E-state index is 11.8. The van der Waals surface area contributed by atoms with Gasteiger partial charge in [0.1, 0.15) is 0 Å². The zero-order chi connectivity index (χ0) is 13.9. The maximum atomic E-state index is 11.8. The summed E-state index contributed by atoms with van der Waals surface area (Å²) in [4.78, 5) is 16.3. The van der Waals surface area contributed by atoms with Gasteiger partial charge in [-0.15, -0.1) is 0 Å².